The molecule has 4 aromatic rings. The number of nitrogens with one attached hydrogen (secondary N) is 2. The number of nitrogens with zero attached hydrogens (tertiary/aromatic N) is 1. The molecule has 4 heteroatoms. The highest BCUT2D eigenvalue weighted by Gasteiger charge is 2.10. The van der Waals surface area contributed by atoms with Gasteiger partial charge in [-0.15, -0.1) is 0 Å². The smallest absolute Gasteiger partial charge is 0.255 e. The van der Waals surface area contributed by atoms with Gasteiger partial charge < -0.3 is 10.3 Å². The second kappa shape index (κ2) is 6.72. The molecule has 3 aromatic carbocycles. The third kappa shape index (κ3) is 3.47. The first-order valence-electron chi connectivity index (χ1n) is 8.95. The summed E-state index contributed by atoms with van der Waals surface area (Å²) in [6.45, 7) is 6.06. The fraction of sp³-hybridized carbons (Fsp3) is 0.130. The summed E-state index contributed by atoms with van der Waals surface area (Å²) in [5.41, 5.74) is 7.72. The number of anilines is 1. The van der Waals surface area contributed by atoms with E-state index >= 15 is 0 Å². The quantitative estimate of drug-likeness (QED) is 0.516. The van der Waals surface area contributed by atoms with Gasteiger partial charge in [0.2, 0.25) is 0 Å². The lowest BCUT2D eigenvalue weighted by atomic mass is 10.1. The molecule has 0 atom stereocenters. The van der Waals surface area contributed by atoms with Crippen LogP contribution in [-0.2, 0) is 0 Å². The lowest BCUT2D eigenvalue weighted by Crippen LogP contribution is -2.12. The van der Waals surface area contributed by atoms with Crippen LogP contribution in [0.1, 0.15) is 27.0 Å². The number of aromatic nitrogens is 2. The normalized spacial score (nSPS) is 10.9. The number of imidazole rings is 1. The van der Waals surface area contributed by atoms with Crippen LogP contribution in [0.25, 0.3) is 22.4 Å². The number of carbonyl (C=O) groups is 1. The maximum atomic E-state index is 12.6. The molecule has 0 spiro atoms. The van der Waals surface area contributed by atoms with Crippen LogP contribution in [-0.4, -0.2) is 15.9 Å². The fourth-order valence-corrected chi connectivity index (χ4v) is 3.10. The van der Waals surface area contributed by atoms with Crippen LogP contribution in [0.4, 0.5) is 5.69 Å². The Labute approximate surface area is 158 Å². The first kappa shape index (κ1) is 17.0. The van der Waals surface area contributed by atoms with Crippen LogP contribution < -0.4 is 5.32 Å². The summed E-state index contributed by atoms with van der Waals surface area (Å²) in [5.74, 6) is 0.688. The molecular weight excluding hydrogens is 334 g/mol. The van der Waals surface area contributed by atoms with Crippen LogP contribution in [0.2, 0.25) is 0 Å². The zero-order valence-corrected chi connectivity index (χ0v) is 15.6. The number of aryl methyl sites for hydroxylation is 3. The number of aromatic amines is 1. The molecule has 4 rings (SSSR count). The molecule has 2 N–H and O–H groups in total. The van der Waals surface area contributed by atoms with Gasteiger partial charge in [-0.05, 0) is 67.8 Å². The molecule has 0 aliphatic heterocycles. The van der Waals surface area contributed by atoms with Crippen molar-refractivity contribution in [3.63, 3.8) is 0 Å². The van der Waals surface area contributed by atoms with E-state index in [1.807, 2.05) is 68.4 Å². The molecule has 1 heterocycles. The second-order valence-corrected chi connectivity index (χ2v) is 6.96. The van der Waals surface area contributed by atoms with E-state index in [9.17, 15) is 4.79 Å². The highest BCUT2D eigenvalue weighted by atomic mass is 16.1. The van der Waals surface area contributed by atoms with Gasteiger partial charge in [0.1, 0.15) is 5.82 Å². The second-order valence-electron chi connectivity index (χ2n) is 6.96. The summed E-state index contributed by atoms with van der Waals surface area (Å²) in [7, 11) is 0. The molecule has 0 saturated heterocycles. The van der Waals surface area contributed by atoms with Crippen LogP contribution >= 0.6 is 0 Å². The zero-order valence-electron chi connectivity index (χ0n) is 15.6. The van der Waals surface area contributed by atoms with Gasteiger partial charge in [0, 0.05) is 16.8 Å². The summed E-state index contributed by atoms with van der Waals surface area (Å²) >= 11 is 0. The Balaban J connectivity index is 1.57. The van der Waals surface area contributed by atoms with E-state index in [2.05, 4.69) is 28.3 Å². The van der Waals surface area contributed by atoms with Gasteiger partial charge in [0.15, 0.2) is 0 Å². The predicted octanol–water partition coefficient (Wildman–Crippen LogP) is 5.41. The first-order valence-corrected chi connectivity index (χ1v) is 8.95. The lowest BCUT2D eigenvalue weighted by molar-refractivity contribution is 0.102. The van der Waals surface area contributed by atoms with Gasteiger partial charge in [-0.3, -0.25) is 4.79 Å². The third-order valence-corrected chi connectivity index (χ3v) is 4.70. The maximum Gasteiger partial charge on any atom is 0.255 e. The van der Waals surface area contributed by atoms with Crippen LogP contribution in [0, 0.1) is 20.8 Å². The minimum absolute atomic E-state index is 0.115. The summed E-state index contributed by atoms with van der Waals surface area (Å²) in [6.07, 6.45) is 0. The van der Waals surface area contributed by atoms with Crippen LogP contribution in [0.3, 0.4) is 0 Å². The van der Waals surface area contributed by atoms with Crippen molar-refractivity contribution in [2.45, 2.75) is 20.8 Å². The summed E-state index contributed by atoms with van der Waals surface area (Å²) in [6, 6.07) is 19.7. The highest BCUT2D eigenvalue weighted by Crippen LogP contribution is 2.22. The van der Waals surface area contributed by atoms with Crippen molar-refractivity contribution in [3.8, 4) is 11.4 Å². The predicted molar refractivity (Wildman–Crippen MR) is 110 cm³/mol. The minimum Gasteiger partial charge on any atom is -0.338 e. The number of carbonyl (C=O) groups excluding carboxylic acids is 1. The number of rotatable bonds is 3. The molecule has 0 unspecified atom stereocenters. The van der Waals surface area contributed by atoms with Gasteiger partial charge in [-0.2, -0.15) is 0 Å². The molecule has 0 bridgehead atoms. The van der Waals surface area contributed by atoms with Crippen molar-refractivity contribution in [1.29, 1.82) is 0 Å². The lowest BCUT2D eigenvalue weighted by Gasteiger charge is -2.09. The molecule has 4 nitrogen and oxygen atoms in total. The first-order chi connectivity index (χ1) is 13.0. The Hall–Kier alpha value is -3.40. The van der Waals surface area contributed by atoms with Crippen LogP contribution in [0.15, 0.2) is 60.7 Å². The van der Waals surface area contributed by atoms with Gasteiger partial charge >= 0.3 is 0 Å². The Morgan fingerprint density at radius 3 is 2.37 bits per heavy atom. The molecule has 0 fully saturated rings. The number of benzene rings is 3. The average molecular weight is 355 g/mol. The van der Waals surface area contributed by atoms with E-state index in [-0.39, 0.29) is 5.91 Å². The van der Waals surface area contributed by atoms with Crippen molar-refractivity contribution >= 4 is 22.6 Å². The van der Waals surface area contributed by atoms with Crippen molar-refractivity contribution in [3.05, 3.63) is 82.9 Å². The van der Waals surface area contributed by atoms with Crippen molar-refractivity contribution in [2.75, 3.05) is 5.32 Å². The molecule has 1 aromatic heterocycles. The van der Waals surface area contributed by atoms with Crippen LogP contribution in [0.5, 0.6) is 0 Å². The summed E-state index contributed by atoms with van der Waals surface area (Å²) in [4.78, 5) is 20.5. The SMILES string of the molecule is Cc1ccc(C)c(NC(=O)c2ccc(-c3nc4ccc(C)cc4[nH]3)cc2)c1. The molecule has 0 saturated carbocycles. The Bertz CT molecular complexity index is 1140. The fourth-order valence-electron chi connectivity index (χ4n) is 3.10. The standard InChI is InChI=1S/C23H21N3O/c1-14-4-6-16(3)20(12-14)26-23(27)18-9-7-17(8-10-18)22-24-19-11-5-15(2)13-21(19)25-22/h4-13H,1-3H3,(H,24,25)(H,26,27). The summed E-state index contributed by atoms with van der Waals surface area (Å²) < 4.78 is 0. The number of fused-ring (bicyclic) bond motifs is 1. The topological polar surface area (TPSA) is 57.8 Å². The molecular formula is C23H21N3O. The Kier molecular flexibility index (Phi) is 4.24. The van der Waals surface area contributed by atoms with Crippen molar-refractivity contribution < 1.29 is 4.79 Å². The largest absolute Gasteiger partial charge is 0.338 e. The number of hydrogen-bond acceptors (Lipinski definition) is 2. The minimum atomic E-state index is -0.115. The number of hydrogen-bond donors (Lipinski definition) is 2. The van der Waals surface area contributed by atoms with E-state index in [1.165, 1.54) is 5.56 Å². The van der Waals surface area contributed by atoms with Crippen molar-refractivity contribution in [2.24, 2.45) is 0 Å². The molecule has 1 amide bonds. The maximum absolute atomic E-state index is 12.6. The van der Waals surface area contributed by atoms with Gasteiger partial charge in [0.25, 0.3) is 5.91 Å². The van der Waals surface area contributed by atoms with E-state index in [0.717, 1.165) is 39.2 Å². The molecule has 0 aliphatic rings. The molecule has 27 heavy (non-hydrogen) atoms. The molecule has 134 valence electrons. The van der Waals surface area contributed by atoms with Crippen molar-refractivity contribution in [1.82, 2.24) is 9.97 Å². The number of amides is 1. The third-order valence-electron chi connectivity index (χ3n) is 4.70. The van der Waals surface area contributed by atoms with Gasteiger partial charge in [-0.1, -0.05) is 30.3 Å². The molecule has 0 radical (unpaired) electrons. The van der Waals surface area contributed by atoms with Gasteiger partial charge in [0.05, 0.1) is 11.0 Å². The summed E-state index contributed by atoms with van der Waals surface area (Å²) in [5, 5.41) is 2.99. The van der Waals surface area contributed by atoms with E-state index in [4.69, 9.17) is 0 Å². The van der Waals surface area contributed by atoms with E-state index in [0.29, 0.717) is 5.56 Å². The Morgan fingerprint density at radius 2 is 1.59 bits per heavy atom. The monoisotopic (exact) mass is 355 g/mol. The van der Waals surface area contributed by atoms with E-state index in [1.54, 1.807) is 0 Å². The zero-order chi connectivity index (χ0) is 19.0. The highest BCUT2D eigenvalue weighted by molar-refractivity contribution is 6.04. The average Bonchev–Trinajstić information content (AvgIpc) is 3.08. The number of H-pyrrole nitrogens is 1. The molecule has 0 aliphatic carbocycles. The Morgan fingerprint density at radius 1 is 0.889 bits per heavy atom. The van der Waals surface area contributed by atoms with E-state index < -0.39 is 0 Å². The van der Waals surface area contributed by atoms with Gasteiger partial charge in [-0.25, -0.2) is 4.98 Å².